The Balaban J connectivity index is 2.55. The normalized spacial score (nSPS) is 10.6. The minimum Gasteiger partial charge on any atom is -0.497 e. The van der Waals surface area contributed by atoms with Crippen LogP contribution in [0.4, 0.5) is 0 Å². The van der Waals surface area contributed by atoms with Gasteiger partial charge in [0.05, 0.1) is 21.3 Å². The van der Waals surface area contributed by atoms with Crippen LogP contribution in [0.5, 0.6) is 11.5 Å². The van der Waals surface area contributed by atoms with Crippen molar-refractivity contribution in [3.63, 3.8) is 0 Å². The summed E-state index contributed by atoms with van der Waals surface area (Å²) in [5.41, 5.74) is 3.28. The predicted molar refractivity (Wildman–Crippen MR) is 91.0 cm³/mol. The van der Waals surface area contributed by atoms with Crippen LogP contribution >= 0.6 is 0 Å². The summed E-state index contributed by atoms with van der Waals surface area (Å²) in [7, 11) is 4.43. The predicted octanol–water partition coefficient (Wildman–Crippen LogP) is 3.97. The second-order valence-electron chi connectivity index (χ2n) is 4.98. The van der Waals surface area contributed by atoms with Crippen LogP contribution < -0.4 is 9.47 Å². The van der Waals surface area contributed by atoms with Crippen LogP contribution in [0, 0.1) is 6.92 Å². The zero-order valence-corrected chi connectivity index (χ0v) is 13.8. The van der Waals surface area contributed by atoms with Gasteiger partial charge in [0.25, 0.3) is 0 Å². The van der Waals surface area contributed by atoms with Crippen LogP contribution in [0.15, 0.2) is 36.4 Å². The Labute approximate surface area is 136 Å². The number of esters is 1. The molecule has 0 heterocycles. The van der Waals surface area contributed by atoms with Crippen molar-refractivity contribution in [1.82, 2.24) is 0 Å². The van der Waals surface area contributed by atoms with Gasteiger partial charge in [0.2, 0.25) is 0 Å². The van der Waals surface area contributed by atoms with Crippen molar-refractivity contribution >= 4 is 18.1 Å². The highest BCUT2D eigenvalue weighted by atomic mass is 16.5. The molecule has 0 saturated carbocycles. The van der Waals surface area contributed by atoms with Gasteiger partial charge in [0.15, 0.2) is 0 Å². The number of rotatable bonds is 5. The fourth-order valence-electron chi connectivity index (χ4n) is 2.29. The van der Waals surface area contributed by atoms with E-state index in [-0.39, 0.29) is 0 Å². The summed E-state index contributed by atoms with van der Waals surface area (Å²) in [4.78, 5) is 12.1. The molecule has 0 bridgehead atoms. The van der Waals surface area contributed by atoms with Gasteiger partial charge < -0.3 is 14.2 Å². The summed E-state index contributed by atoms with van der Waals surface area (Å²) >= 11 is 0. The topological polar surface area (TPSA) is 44.8 Å². The molecular formula is C19H20O4. The highest BCUT2D eigenvalue weighted by molar-refractivity contribution is 5.98. The van der Waals surface area contributed by atoms with E-state index in [0.29, 0.717) is 22.6 Å². The number of hydrogen-bond acceptors (Lipinski definition) is 4. The Morgan fingerprint density at radius 1 is 0.957 bits per heavy atom. The van der Waals surface area contributed by atoms with Gasteiger partial charge in [0.1, 0.15) is 17.1 Å². The van der Waals surface area contributed by atoms with Gasteiger partial charge in [-0.1, -0.05) is 36.4 Å². The van der Waals surface area contributed by atoms with Gasteiger partial charge in [-0.3, -0.25) is 0 Å². The number of ether oxygens (including phenoxy) is 3. The summed E-state index contributed by atoms with van der Waals surface area (Å²) in [5, 5.41) is 0. The molecule has 0 N–H and O–H groups in total. The third-order valence-electron chi connectivity index (χ3n) is 3.58. The SMILES string of the molecule is COC(=O)c1c(C=Cc2ccccc2C)cc(OC)cc1OC. The van der Waals surface area contributed by atoms with Gasteiger partial charge in [-0.25, -0.2) is 4.79 Å². The number of benzene rings is 2. The molecule has 0 spiro atoms. The standard InChI is InChI=1S/C19H20O4/c1-13-7-5-6-8-14(13)9-10-15-11-16(21-2)12-17(22-3)18(15)19(20)23-4/h5-12H,1-4H3. The molecule has 0 aliphatic rings. The van der Waals surface area contributed by atoms with E-state index in [4.69, 9.17) is 14.2 Å². The van der Waals surface area contributed by atoms with Gasteiger partial charge in [-0.15, -0.1) is 0 Å². The summed E-state index contributed by atoms with van der Waals surface area (Å²) in [6.45, 7) is 2.03. The molecule has 0 atom stereocenters. The first kappa shape index (κ1) is 16.6. The lowest BCUT2D eigenvalue weighted by molar-refractivity contribution is 0.0597. The molecule has 2 aromatic rings. The molecule has 4 nitrogen and oxygen atoms in total. The van der Waals surface area contributed by atoms with Gasteiger partial charge in [-0.05, 0) is 29.7 Å². The van der Waals surface area contributed by atoms with Crippen LogP contribution in [0.1, 0.15) is 27.0 Å². The molecular weight excluding hydrogens is 292 g/mol. The monoisotopic (exact) mass is 312 g/mol. The van der Waals surface area contributed by atoms with E-state index < -0.39 is 5.97 Å². The van der Waals surface area contributed by atoms with E-state index in [0.717, 1.165) is 11.1 Å². The molecule has 0 aromatic heterocycles. The first-order valence-electron chi connectivity index (χ1n) is 7.18. The fraction of sp³-hybridized carbons (Fsp3) is 0.211. The van der Waals surface area contributed by atoms with Crippen molar-refractivity contribution in [3.8, 4) is 11.5 Å². The van der Waals surface area contributed by atoms with E-state index in [1.54, 1.807) is 19.2 Å². The summed E-state index contributed by atoms with van der Waals surface area (Å²) in [6, 6.07) is 11.5. The van der Waals surface area contributed by atoms with Crippen LogP contribution in [0.2, 0.25) is 0 Å². The first-order chi connectivity index (χ1) is 11.1. The highest BCUT2D eigenvalue weighted by Gasteiger charge is 2.18. The zero-order valence-electron chi connectivity index (χ0n) is 13.8. The third-order valence-corrected chi connectivity index (χ3v) is 3.58. The largest absolute Gasteiger partial charge is 0.497 e. The Bertz CT molecular complexity index is 732. The summed E-state index contributed by atoms with van der Waals surface area (Å²) < 4.78 is 15.5. The molecule has 0 aliphatic heterocycles. The maximum absolute atomic E-state index is 12.1. The molecule has 0 radical (unpaired) electrons. The number of hydrogen-bond donors (Lipinski definition) is 0. The number of methoxy groups -OCH3 is 3. The second kappa shape index (κ2) is 7.49. The van der Waals surface area contributed by atoms with Gasteiger partial charge >= 0.3 is 5.97 Å². The van der Waals surface area contributed by atoms with Crippen molar-refractivity contribution in [2.45, 2.75) is 6.92 Å². The Kier molecular flexibility index (Phi) is 5.41. The van der Waals surface area contributed by atoms with Gasteiger partial charge in [-0.2, -0.15) is 0 Å². The number of carbonyl (C=O) groups excluding carboxylic acids is 1. The third kappa shape index (κ3) is 3.72. The lowest BCUT2D eigenvalue weighted by Gasteiger charge is -2.12. The van der Waals surface area contributed by atoms with E-state index in [1.165, 1.54) is 14.2 Å². The highest BCUT2D eigenvalue weighted by Crippen LogP contribution is 2.31. The fourth-order valence-corrected chi connectivity index (χ4v) is 2.29. The van der Waals surface area contributed by atoms with Crippen LogP contribution in [-0.2, 0) is 4.74 Å². The zero-order chi connectivity index (χ0) is 16.8. The van der Waals surface area contributed by atoms with E-state index >= 15 is 0 Å². The molecule has 23 heavy (non-hydrogen) atoms. The summed E-state index contributed by atoms with van der Waals surface area (Å²) in [5.74, 6) is 0.577. The lowest BCUT2D eigenvalue weighted by Crippen LogP contribution is -2.07. The van der Waals surface area contributed by atoms with Crippen molar-refractivity contribution < 1.29 is 19.0 Å². The summed E-state index contributed by atoms with van der Waals surface area (Å²) in [6.07, 6.45) is 3.82. The molecule has 2 rings (SSSR count). The Morgan fingerprint density at radius 2 is 1.65 bits per heavy atom. The Morgan fingerprint density at radius 3 is 2.26 bits per heavy atom. The number of carbonyl (C=O) groups is 1. The quantitative estimate of drug-likeness (QED) is 0.619. The van der Waals surface area contributed by atoms with Crippen LogP contribution in [0.3, 0.4) is 0 Å². The molecule has 0 saturated heterocycles. The maximum Gasteiger partial charge on any atom is 0.342 e. The minimum atomic E-state index is -0.450. The smallest absolute Gasteiger partial charge is 0.342 e. The lowest BCUT2D eigenvalue weighted by atomic mass is 10.0. The number of aryl methyl sites for hydroxylation is 1. The van der Waals surface area contributed by atoms with Crippen LogP contribution in [0.25, 0.3) is 12.2 Å². The molecule has 2 aromatic carbocycles. The molecule has 0 amide bonds. The minimum absolute atomic E-state index is 0.376. The van der Waals surface area contributed by atoms with Crippen molar-refractivity contribution in [3.05, 3.63) is 58.7 Å². The van der Waals surface area contributed by atoms with Crippen molar-refractivity contribution in [1.29, 1.82) is 0 Å². The molecule has 0 unspecified atom stereocenters. The van der Waals surface area contributed by atoms with E-state index in [1.807, 2.05) is 43.3 Å². The van der Waals surface area contributed by atoms with Gasteiger partial charge in [0, 0.05) is 6.07 Å². The maximum atomic E-state index is 12.1. The van der Waals surface area contributed by atoms with E-state index in [9.17, 15) is 4.79 Å². The Hall–Kier alpha value is -2.75. The molecule has 4 heteroatoms. The molecule has 0 aliphatic carbocycles. The van der Waals surface area contributed by atoms with Crippen LogP contribution in [-0.4, -0.2) is 27.3 Å². The average molecular weight is 312 g/mol. The average Bonchev–Trinajstić information content (AvgIpc) is 2.59. The molecule has 120 valence electrons. The first-order valence-corrected chi connectivity index (χ1v) is 7.18. The van der Waals surface area contributed by atoms with E-state index in [2.05, 4.69) is 0 Å². The second-order valence-corrected chi connectivity index (χ2v) is 4.98. The molecule has 0 fully saturated rings. The van der Waals surface area contributed by atoms with Crippen molar-refractivity contribution in [2.75, 3.05) is 21.3 Å². The van der Waals surface area contributed by atoms with Crippen molar-refractivity contribution in [2.24, 2.45) is 0 Å².